The van der Waals surface area contributed by atoms with Crippen molar-refractivity contribution in [2.24, 2.45) is 5.92 Å². The fraction of sp³-hybridized carbons (Fsp3) is 0.625. The first-order valence-electron chi connectivity index (χ1n) is 7.43. The predicted octanol–water partition coefficient (Wildman–Crippen LogP) is 2.94. The Kier molecular flexibility index (Phi) is 5.47. The number of hydrogen-bond acceptors (Lipinski definition) is 3. The quantitative estimate of drug-likeness (QED) is 0.889. The molecule has 0 amide bonds. The van der Waals surface area contributed by atoms with E-state index in [2.05, 4.69) is 77.2 Å². The Labute approximate surface area is 131 Å². The van der Waals surface area contributed by atoms with Gasteiger partial charge in [-0.2, -0.15) is 0 Å². The number of nitrogens with one attached hydrogen (secondary N) is 1. The first kappa shape index (κ1) is 15.8. The molecule has 0 saturated carbocycles. The molecule has 0 bridgehead atoms. The highest BCUT2D eigenvalue weighted by molar-refractivity contribution is 9.10. The van der Waals surface area contributed by atoms with Crippen LogP contribution in [-0.4, -0.2) is 44.7 Å². The molecule has 1 aliphatic rings. The summed E-state index contributed by atoms with van der Waals surface area (Å²) in [4.78, 5) is 4.89. The van der Waals surface area contributed by atoms with Gasteiger partial charge in [0.2, 0.25) is 0 Å². The van der Waals surface area contributed by atoms with E-state index in [1.165, 1.54) is 11.3 Å². The van der Waals surface area contributed by atoms with Crippen LogP contribution in [0.2, 0.25) is 0 Å². The van der Waals surface area contributed by atoms with Gasteiger partial charge in [-0.3, -0.25) is 0 Å². The van der Waals surface area contributed by atoms with E-state index in [0.717, 1.165) is 30.7 Å². The molecule has 1 aromatic rings. The Morgan fingerprint density at radius 2 is 2.10 bits per heavy atom. The van der Waals surface area contributed by atoms with E-state index < -0.39 is 0 Å². The van der Waals surface area contributed by atoms with Crippen LogP contribution in [0.1, 0.15) is 19.4 Å². The van der Waals surface area contributed by atoms with E-state index in [1.54, 1.807) is 0 Å². The number of benzene rings is 1. The van der Waals surface area contributed by atoms with E-state index in [9.17, 15) is 0 Å². The first-order chi connectivity index (χ1) is 9.52. The summed E-state index contributed by atoms with van der Waals surface area (Å²) in [6, 6.07) is 7.29. The maximum atomic E-state index is 3.59. The highest BCUT2D eigenvalue weighted by Gasteiger charge is 2.31. The van der Waals surface area contributed by atoms with E-state index in [-0.39, 0.29) is 0 Å². The van der Waals surface area contributed by atoms with E-state index in [4.69, 9.17) is 0 Å². The monoisotopic (exact) mass is 339 g/mol. The van der Waals surface area contributed by atoms with Crippen LogP contribution in [0.3, 0.4) is 0 Å². The van der Waals surface area contributed by atoms with Gasteiger partial charge in [-0.05, 0) is 50.3 Å². The molecule has 1 N–H and O–H groups in total. The average Bonchev–Trinajstić information content (AvgIpc) is 2.78. The van der Waals surface area contributed by atoms with Gasteiger partial charge >= 0.3 is 0 Å². The molecule has 0 spiro atoms. The first-order valence-corrected chi connectivity index (χ1v) is 8.22. The number of rotatable bonds is 5. The number of likely N-dealkylation sites (N-methyl/N-ethyl adjacent to an activating group) is 1. The third-order valence-electron chi connectivity index (χ3n) is 4.18. The van der Waals surface area contributed by atoms with Crippen LogP contribution in [0, 0.1) is 5.92 Å². The lowest BCUT2D eigenvalue weighted by molar-refractivity contribution is 0.266. The summed E-state index contributed by atoms with van der Waals surface area (Å²) >= 11 is 3.59. The summed E-state index contributed by atoms with van der Waals surface area (Å²) in [5.41, 5.74) is 2.76. The minimum absolute atomic E-state index is 0.644. The largest absolute Gasteiger partial charge is 0.369 e. The van der Waals surface area contributed by atoms with Crippen molar-refractivity contribution in [3.8, 4) is 0 Å². The van der Waals surface area contributed by atoms with Gasteiger partial charge in [0.15, 0.2) is 0 Å². The Bertz CT molecular complexity index is 447. The molecule has 1 heterocycles. The SMILES string of the molecule is CCNCc1cc(Br)ccc1N1CC(C)C(N(C)C)C1. The predicted molar refractivity (Wildman–Crippen MR) is 90.4 cm³/mol. The van der Waals surface area contributed by atoms with Crippen LogP contribution in [-0.2, 0) is 6.54 Å². The zero-order chi connectivity index (χ0) is 14.7. The lowest BCUT2D eigenvalue weighted by Crippen LogP contribution is -2.34. The molecular weight excluding hydrogens is 314 g/mol. The van der Waals surface area contributed by atoms with Gasteiger partial charge in [0.05, 0.1) is 0 Å². The molecule has 2 unspecified atom stereocenters. The van der Waals surface area contributed by atoms with E-state index in [1.807, 2.05) is 0 Å². The molecule has 20 heavy (non-hydrogen) atoms. The molecular formula is C16H26BrN3. The minimum Gasteiger partial charge on any atom is -0.369 e. The van der Waals surface area contributed by atoms with Gasteiger partial charge in [0, 0.05) is 35.8 Å². The van der Waals surface area contributed by atoms with Crippen molar-refractivity contribution in [3.05, 3.63) is 28.2 Å². The van der Waals surface area contributed by atoms with Gasteiger partial charge in [-0.25, -0.2) is 0 Å². The minimum atomic E-state index is 0.644. The molecule has 3 nitrogen and oxygen atoms in total. The molecule has 1 fully saturated rings. The highest BCUT2D eigenvalue weighted by Crippen LogP contribution is 2.30. The number of anilines is 1. The van der Waals surface area contributed by atoms with Crippen molar-refractivity contribution in [2.75, 3.05) is 38.6 Å². The summed E-state index contributed by atoms with van der Waals surface area (Å²) < 4.78 is 1.16. The Morgan fingerprint density at radius 1 is 1.35 bits per heavy atom. The van der Waals surface area contributed by atoms with Gasteiger partial charge in [0.1, 0.15) is 0 Å². The number of halogens is 1. The molecule has 0 aromatic heterocycles. The number of hydrogen-bond donors (Lipinski definition) is 1. The van der Waals surface area contributed by atoms with Gasteiger partial charge in [-0.15, -0.1) is 0 Å². The molecule has 1 aromatic carbocycles. The second-order valence-electron chi connectivity index (χ2n) is 5.97. The third-order valence-corrected chi connectivity index (χ3v) is 4.68. The van der Waals surface area contributed by atoms with Gasteiger partial charge in [0.25, 0.3) is 0 Å². The van der Waals surface area contributed by atoms with Crippen LogP contribution in [0.4, 0.5) is 5.69 Å². The fourth-order valence-electron chi connectivity index (χ4n) is 3.08. The molecule has 112 valence electrons. The summed E-state index contributed by atoms with van der Waals surface area (Å²) in [6.45, 7) is 8.70. The second kappa shape index (κ2) is 6.92. The molecule has 4 heteroatoms. The average molecular weight is 340 g/mol. The normalized spacial score (nSPS) is 22.8. The van der Waals surface area contributed by atoms with Crippen LogP contribution >= 0.6 is 15.9 Å². The zero-order valence-electron chi connectivity index (χ0n) is 13.0. The van der Waals surface area contributed by atoms with Gasteiger partial charge < -0.3 is 15.1 Å². The lowest BCUT2D eigenvalue weighted by atomic mass is 10.1. The van der Waals surface area contributed by atoms with Gasteiger partial charge in [-0.1, -0.05) is 29.8 Å². The van der Waals surface area contributed by atoms with Crippen molar-refractivity contribution in [1.82, 2.24) is 10.2 Å². The van der Waals surface area contributed by atoms with Crippen molar-refractivity contribution in [1.29, 1.82) is 0 Å². The second-order valence-corrected chi connectivity index (χ2v) is 6.88. The van der Waals surface area contributed by atoms with Crippen molar-refractivity contribution in [2.45, 2.75) is 26.4 Å². The Morgan fingerprint density at radius 3 is 2.70 bits per heavy atom. The third kappa shape index (κ3) is 3.54. The maximum Gasteiger partial charge on any atom is 0.0413 e. The molecule has 0 radical (unpaired) electrons. The Hall–Kier alpha value is -0.580. The zero-order valence-corrected chi connectivity index (χ0v) is 14.6. The van der Waals surface area contributed by atoms with Crippen LogP contribution in [0.15, 0.2) is 22.7 Å². The van der Waals surface area contributed by atoms with Crippen molar-refractivity contribution in [3.63, 3.8) is 0 Å². The smallest absolute Gasteiger partial charge is 0.0413 e. The van der Waals surface area contributed by atoms with E-state index >= 15 is 0 Å². The Balaban J connectivity index is 2.20. The van der Waals surface area contributed by atoms with Crippen LogP contribution in [0.5, 0.6) is 0 Å². The van der Waals surface area contributed by atoms with E-state index in [0.29, 0.717) is 12.0 Å². The van der Waals surface area contributed by atoms with Crippen molar-refractivity contribution >= 4 is 21.6 Å². The lowest BCUT2D eigenvalue weighted by Gasteiger charge is -2.24. The topological polar surface area (TPSA) is 18.5 Å². The van der Waals surface area contributed by atoms with Crippen molar-refractivity contribution < 1.29 is 0 Å². The number of nitrogens with zero attached hydrogens (tertiary/aromatic N) is 2. The maximum absolute atomic E-state index is 3.59. The molecule has 2 atom stereocenters. The standard InChI is InChI=1S/C16H26BrN3/c1-5-18-9-13-8-14(17)6-7-15(13)20-10-12(2)16(11-20)19(3)4/h6-8,12,16,18H,5,9-11H2,1-4H3. The molecule has 2 rings (SSSR count). The summed E-state index contributed by atoms with van der Waals surface area (Å²) in [6.07, 6.45) is 0. The van der Waals surface area contributed by atoms with Crippen LogP contribution < -0.4 is 10.2 Å². The highest BCUT2D eigenvalue weighted by atomic mass is 79.9. The summed E-state index contributed by atoms with van der Waals surface area (Å²) in [5, 5.41) is 3.44. The molecule has 1 saturated heterocycles. The summed E-state index contributed by atoms with van der Waals surface area (Å²) in [7, 11) is 4.37. The van der Waals surface area contributed by atoms with Crippen LogP contribution in [0.25, 0.3) is 0 Å². The molecule has 1 aliphatic heterocycles. The summed E-state index contributed by atoms with van der Waals surface area (Å²) in [5.74, 6) is 0.709. The fourth-order valence-corrected chi connectivity index (χ4v) is 3.49. The molecule has 0 aliphatic carbocycles.